The van der Waals surface area contributed by atoms with E-state index < -0.39 is 0 Å². The van der Waals surface area contributed by atoms with Crippen molar-refractivity contribution in [2.45, 2.75) is 26.3 Å². The van der Waals surface area contributed by atoms with Crippen molar-refractivity contribution in [3.8, 4) is 28.7 Å². The molecule has 0 aliphatic carbocycles. The van der Waals surface area contributed by atoms with E-state index in [0.717, 1.165) is 52.9 Å². The van der Waals surface area contributed by atoms with Crippen LogP contribution in [-0.4, -0.2) is 55.2 Å². The van der Waals surface area contributed by atoms with E-state index in [2.05, 4.69) is 51.3 Å². The highest BCUT2D eigenvalue weighted by Gasteiger charge is 2.32. The summed E-state index contributed by atoms with van der Waals surface area (Å²) in [5.41, 5.74) is 6.21. The van der Waals surface area contributed by atoms with Gasteiger partial charge in [-0.1, -0.05) is 31.2 Å². The van der Waals surface area contributed by atoms with Crippen molar-refractivity contribution in [3.05, 3.63) is 89.9 Å². The molecule has 1 saturated heterocycles. The Morgan fingerprint density at radius 3 is 2.68 bits per heavy atom. The summed E-state index contributed by atoms with van der Waals surface area (Å²) in [6, 6.07) is 22.2. The van der Waals surface area contributed by atoms with Gasteiger partial charge >= 0.3 is 0 Å². The summed E-state index contributed by atoms with van der Waals surface area (Å²) in [5.74, 6) is 1.29. The Bertz CT molecular complexity index is 1930. The molecule has 5 aromatic rings. The van der Waals surface area contributed by atoms with Gasteiger partial charge < -0.3 is 9.67 Å². The largest absolute Gasteiger partial charge is 0.483 e. The van der Waals surface area contributed by atoms with Crippen LogP contribution >= 0.6 is 0 Å². The number of carboxylic acid groups (broad SMARTS) is 1. The molecule has 0 saturated carbocycles. The van der Waals surface area contributed by atoms with Gasteiger partial charge in [0, 0.05) is 48.5 Å². The molecule has 1 fully saturated rings. The van der Waals surface area contributed by atoms with Crippen LogP contribution in [0.1, 0.15) is 41.3 Å². The number of aryl methyl sites for hydroxylation is 1. The summed E-state index contributed by atoms with van der Waals surface area (Å²) >= 11 is 0. The monoisotopic (exact) mass is 585 g/mol. The molecule has 0 spiro atoms. The number of piperidine rings is 1. The molecule has 3 aromatic carbocycles. The Balaban J connectivity index is 0.00000110. The molecule has 1 N–H and O–H groups in total. The average molecular weight is 586 g/mol. The first-order valence-electron chi connectivity index (χ1n) is 14.5. The van der Waals surface area contributed by atoms with Crippen molar-refractivity contribution in [1.82, 2.24) is 24.6 Å². The van der Waals surface area contributed by atoms with Gasteiger partial charge in [-0.05, 0) is 72.7 Å². The van der Waals surface area contributed by atoms with Crippen molar-refractivity contribution in [2.24, 2.45) is 13.0 Å². The number of pyridine rings is 1. The number of nitrogens with zero attached hydrogens (tertiary/aromatic N) is 7. The molecule has 44 heavy (non-hydrogen) atoms. The van der Waals surface area contributed by atoms with Gasteiger partial charge in [0.2, 0.25) is 0 Å². The average Bonchev–Trinajstić information content (AvgIpc) is 3.58. The predicted octanol–water partition coefficient (Wildman–Crippen LogP) is 5.79. The van der Waals surface area contributed by atoms with E-state index in [1.807, 2.05) is 43.4 Å². The molecule has 7 rings (SSSR count). The van der Waals surface area contributed by atoms with Crippen LogP contribution in [0.15, 0.2) is 73.2 Å². The molecule has 1 amide bonds. The summed E-state index contributed by atoms with van der Waals surface area (Å²) in [4.78, 5) is 31.4. The number of aromatic nitrogens is 4. The lowest BCUT2D eigenvalue weighted by Crippen LogP contribution is -2.33. The normalized spacial score (nSPS) is 16.0. The molecule has 4 heterocycles. The molecule has 1 atom stereocenters. The van der Waals surface area contributed by atoms with Crippen LogP contribution in [0.2, 0.25) is 0 Å². The van der Waals surface area contributed by atoms with Gasteiger partial charge in [-0.15, -0.1) is 10.2 Å². The Labute approximate surface area is 254 Å². The van der Waals surface area contributed by atoms with Crippen molar-refractivity contribution >= 4 is 34.5 Å². The number of carbonyl (C=O) groups excluding carboxylic acids is 1. The summed E-state index contributed by atoms with van der Waals surface area (Å²) < 4.78 is 1.80. The number of likely N-dealkylation sites (tertiary alicyclic amines) is 1. The van der Waals surface area contributed by atoms with Crippen LogP contribution in [0.25, 0.3) is 33.4 Å². The van der Waals surface area contributed by atoms with Gasteiger partial charge in [0.25, 0.3) is 12.4 Å². The number of benzene rings is 3. The van der Waals surface area contributed by atoms with Gasteiger partial charge in [0.1, 0.15) is 12.4 Å². The first-order chi connectivity index (χ1) is 21.4. The third kappa shape index (κ3) is 5.29. The predicted molar refractivity (Wildman–Crippen MR) is 167 cm³/mol. The lowest BCUT2D eigenvalue weighted by molar-refractivity contribution is -0.122. The number of anilines is 2. The van der Waals surface area contributed by atoms with Crippen molar-refractivity contribution in [2.75, 3.05) is 18.0 Å². The van der Waals surface area contributed by atoms with E-state index >= 15 is 0 Å². The maximum absolute atomic E-state index is 14.0. The molecule has 0 radical (unpaired) electrons. The Hall–Kier alpha value is -5.40. The Kier molecular flexibility index (Phi) is 7.87. The smallest absolute Gasteiger partial charge is 0.290 e. The molecule has 10 heteroatoms. The maximum atomic E-state index is 14.0. The van der Waals surface area contributed by atoms with Crippen LogP contribution in [0.4, 0.5) is 11.4 Å². The standard InChI is InChI=1S/C33H29N7O.CH2O2/c1-21-6-5-11-39(18-21)19-22-12-24-7-4-10-29-30(24)27(13-22)33(41)40(29)26-9-3-8-25(15-26)31-28(14-23(16-34)17-35-31)32-37-36-20-38(32)2;2-1-3/h3-4,7-10,12-15,17,20-21H,5-6,11,18-19H2,1-2H3;1H,(H,2,3)/t21-;/m0./s1. The first kappa shape index (κ1) is 28.7. The zero-order chi connectivity index (χ0) is 30.8. The van der Waals surface area contributed by atoms with E-state index in [4.69, 9.17) is 9.90 Å². The van der Waals surface area contributed by atoms with Crippen LogP contribution < -0.4 is 4.90 Å². The van der Waals surface area contributed by atoms with Gasteiger partial charge in [-0.3, -0.25) is 24.4 Å². The van der Waals surface area contributed by atoms with Crippen LogP contribution in [0.5, 0.6) is 0 Å². The van der Waals surface area contributed by atoms with E-state index in [0.29, 0.717) is 28.6 Å². The highest BCUT2D eigenvalue weighted by Crippen LogP contribution is 2.43. The fourth-order valence-corrected chi connectivity index (χ4v) is 6.34. The number of nitriles is 1. The molecule has 2 aromatic heterocycles. The Morgan fingerprint density at radius 2 is 1.93 bits per heavy atom. The molecule has 220 valence electrons. The molecule has 2 aliphatic rings. The summed E-state index contributed by atoms with van der Waals surface area (Å²) in [7, 11) is 1.86. The molecule has 2 aliphatic heterocycles. The molecule has 0 bridgehead atoms. The van der Waals surface area contributed by atoms with Crippen LogP contribution in [0, 0.1) is 17.2 Å². The number of amides is 1. The minimum absolute atomic E-state index is 0.0245. The topological polar surface area (TPSA) is 128 Å². The minimum atomic E-state index is -0.250. The van der Waals surface area contributed by atoms with Gasteiger partial charge in [-0.2, -0.15) is 5.26 Å². The van der Waals surface area contributed by atoms with Crippen molar-refractivity contribution < 1.29 is 14.7 Å². The second-order valence-electron chi connectivity index (χ2n) is 11.3. The van der Waals surface area contributed by atoms with E-state index in [1.54, 1.807) is 28.1 Å². The highest BCUT2D eigenvalue weighted by molar-refractivity contribution is 6.28. The van der Waals surface area contributed by atoms with Gasteiger partial charge in [-0.25, -0.2) is 0 Å². The van der Waals surface area contributed by atoms with Gasteiger partial charge in [0.05, 0.1) is 22.5 Å². The number of carbonyl (C=O) groups is 2. The minimum Gasteiger partial charge on any atom is -0.483 e. The molecule has 0 unspecified atom stereocenters. The third-order valence-electron chi connectivity index (χ3n) is 8.18. The zero-order valence-corrected chi connectivity index (χ0v) is 24.5. The van der Waals surface area contributed by atoms with E-state index in [-0.39, 0.29) is 12.4 Å². The molecular weight excluding hydrogens is 554 g/mol. The zero-order valence-electron chi connectivity index (χ0n) is 24.5. The van der Waals surface area contributed by atoms with Crippen molar-refractivity contribution in [3.63, 3.8) is 0 Å². The van der Waals surface area contributed by atoms with E-state index in [9.17, 15) is 10.1 Å². The lowest BCUT2D eigenvalue weighted by Gasteiger charge is -2.30. The first-order valence-corrected chi connectivity index (χ1v) is 14.5. The second kappa shape index (κ2) is 12.1. The lowest BCUT2D eigenvalue weighted by atomic mass is 9.98. The van der Waals surface area contributed by atoms with Crippen LogP contribution in [0.3, 0.4) is 0 Å². The summed E-state index contributed by atoms with van der Waals surface area (Å²) in [5, 5.41) is 26.8. The van der Waals surface area contributed by atoms with Gasteiger partial charge in [0.15, 0.2) is 5.82 Å². The number of hydrogen-bond donors (Lipinski definition) is 1. The fraction of sp³-hybridized carbons (Fsp3) is 0.235. The van der Waals surface area contributed by atoms with Crippen molar-refractivity contribution in [1.29, 1.82) is 5.26 Å². The fourth-order valence-electron chi connectivity index (χ4n) is 6.34. The second-order valence-corrected chi connectivity index (χ2v) is 11.3. The van der Waals surface area contributed by atoms with Crippen LogP contribution in [-0.2, 0) is 18.4 Å². The summed E-state index contributed by atoms with van der Waals surface area (Å²) in [6.45, 7) is 5.12. The SMILES string of the molecule is C[C@H]1CCCN(Cc2cc3c4c(cccc4c2)N(c2cccc(-c4ncc(C#N)cc4-c4nncn4C)c2)C3=O)C1.O=CO. The Morgan fingerprint density at radius 1 is 1.11 bits per heavy atom. The quantitative estimate of drug-likeness (QED) is 0.257. The third-order valence-corrected chi connectivity index (χ3v) is 8.18. The number of hydrogen-bond acceptors (Lipinski definition) is 7. The van der Waals surface area contributed by atoms with E-state index in [1.165, 1.54) is 18.4 Å². The molecular formula is C34H31N7O3. The molecule has 10 nitrogen and oxygen atoms in total. The summed E-state index contributed by atoms with van der Waals surface area (Å²) in [6.07, 6.45) is 5.69. The maximum Gasteiger partial charge on any atom is 0.290 e. The highest BCUT2D eigenvalue weighted by atomic mass is 16.3. The number of rotatable bonds is 5.